The van der Waals surface area contributed by atoms with Crippen LogP contribution in [0.1, 0.15) is 29.5 Å². The van der Waals surface area contributed by atoms with Gasteiger partial charge in [0.15, 0.2) is 0 Å². The lowest BCUT2D eigenvalue weighted by atomic mass is 10.1. The molecule has 2 aromatic rings. The van der Waals surface area contributed by atoms with Crippen LogP contribution in [0.3, 0.4) is 0 Å². The third-order valence-electron chi connectivity index (χ3n) is 4.12. The summed E-state index contributed by atoms with van der Waals surface area (Å²) >= 11 is 0. The van der Waals surface area contributed by atoms with E-state index in [0.29, 0.717) is 5.75 Å². The molecule has 0 aliphatic rings. The Labute approximate surface area is 170 Å². The molecule has 0 fully saturated rings. The van der Waals surface area contributed by atoms with Gasteiger partial charge in [-0.25, -0.2) is 0 Å². The molecule has 7 heteroatoms. The van der Waals surface area contributed by atoms with Gasteiger partial charge in [-0.1, -0.05) is 30.3 Å². The van der Waals surface area contributed by atoms with Gasteiger partial charge in [-0.15, -0.1) is 0 Å². The normalized spacial score (nSPS) is 10.4. The minimum Gasteiger partial charge on any atom is -0.496 e. The van der Waals surface area contributed by atoms with E-state index in [9.17, 15) is 14.4 Å². The predicted molar refractivity (Wildman–Crippen MR) is 112 cm³/mol. The van der Waals surface area contributed by atoms with E-state index in [4.69, 9.17) is 4.74 Å². The van der Waals surface area contributed by atoms with E-state index in [1.165, 1.54) is 6.08 Å². The second kappa shape index (κ2) is 10.7. The third-order valence-corrected chi connectivity index (χ3v) is 4.12. The number of anilines is 1. The number of hydrogen-bond acceptors (Lipinski definition) is 4. The highest BCUT2D eigenvalue weighted by atomic mass is 16.5. The smallest absolute Gasteiger partial charge is 0.262 e. The van der Waals surface area contributed by atoms with E-state index >= 15 is 0 Å². The van der Waals surface area contributed by atoms with Crippen molar-refractivity contribution >= 4 is 29.5 Å². The van der Waals surface area contributed by atoms with Crippen LogP contribution >= 0.6 is 0 Å². The Balaban J connectivity index is 1.75. The van der Waals surface area contributed by atoms with Gasteiger partial charge in [0.25, 0.3) is 5.91 Å². The Kier molecular flexibility index (Phi) is 7.97. The second-order valence-corrected chi connectivity index (χ2v) is 6.48. The molecular weight excluding hydrogens is 370 g/mol. The molecule has 0 aromatic heterocycles. The van der Waals surface area contributed by atoms with Crippen LogP contribution in [0.15, 0.2) is 48.5 Å². The summed E-state index contributed by atoms with van der Waals surface area (Å²) in [5, 5.41) is 2.79. The standard InChI is InChI=1S/C22H25N3O4/c1-15-8-9-16(2)18(14-15)23-20(26)12-13-22(28)25-24-21(27)11-10-17-6-4-5-7-19(17)29-3/h4-11,14H,12-13H2,1-3H3,(H,23,26)(H,24,27)(H,25,28). The molecule has 2 rings (SSSR count). The molecule has 7 nitrogen and oxygen atoms in total. The molecule has 152 valence electrons. The summed E-state index contributed by atoms with van der Waals surface area (Å²) in [6.45, 7) is 3.84. The molecule has 0 saturated carbocycles. The van der Waals surface area contributed by atoms with Gasteiger partial charge in [-0.3, -0.25) is 25.2 Å². The SMILES string of the molecule is COc1ccccc1C=CC(=O)NNC(=O)CCC(=O)Nc1cc(C)ccc1C. The average Bonchev–Trinajstić information content (AvgIpc) is 2.72. The van der Waals surface area contributed by atoms with Crippen molar-refractivity contribution in [3.05, 3.63) is 65.2 Å². The number of hydrazine groups is 1. The lowest BCUT2D eigenvalue weighted by Gasteiger charge is -2.09. The van der Waals surface area contributed by atoms with E-state index in [0.717, 1.165) is 22.4 Å². The van der Waals surface area contributed by atoms with Gasteiger partial charge >= 0.3 is 0 Å². The maximum Gasteiger partial charge on any atom is 0.262 e. The number of ether oxygens (including phenoxy) is 1. The Hall–Kier alpha value is -3.61. The fourth-order valence-corrected chi connectivity index (χ4v) is 2.52. The quantitative estimate of drug-likeness (QED) is 0.496. The summed E-state index contributed by atoms with van der Waals surface area (Å²) in [6.07, 6.45) is 2.82. The van der Waals surface area contributed by atoms with Gasteiger partial charge in [0.2, 0.25) is 11.8 Å². The maximum atomic E-state index is 12.0. The number of benzene rings is 2. The fourth-order valence-electron chi connectivity index (χ4n) is 2.52. The van der Waals surface area contributed by atoms with E-state index in [1.54, 1.807) is 25.3 Å². The summed E-state index contributed by atoms with van der Waals surface area (Å²) in [4.78, 5) is 35.7. The molecular formula is C22H25N3O4. The average molecular weight is 395 g/mol. The molecule has 0 saturated heterocycles. The summed E-state index contributed by atoms with van der Waals surface area (Å²) < 4.78 is 5.20. The van der Waals surface area contributed by atoms with Gasteiger partial charge in [0.05, 0.1) is 7.11 Å². The first-order chi connectivity index (χ1) is 13.9. The molecule has 29 heavy (non-hydrogen) atoms. The maximum absolute atomic E-state index is 12.0. The van der Waals surface area contributed by atoms with E-state index in [2.05, 4.69) is 16.2 Å². The Morgan fingerprint density at radius 1 is 0.966 bits per heavy atom. The highest BCUT2D eigenvalue weighted by Gasteiger charge is 2.09. The largest absolute Gasteiger partial charge is 0.496 e. The molecule has 0 spiro atoms. The number of methoxy groups -OCH3 is 1. The topological polar surface area (TPSA) is 96.5 Å². The lowest BCUT2D eigenvalue weighted by Crippen LogP contribution is -2.41. The van der Waals surface area contributed by atoms with E-state index in [-0.39, 0.29) is 18.7 Å². The summed E-state index contributed by atoms with van der Waals surface area (Å²) in [6, 6.07) is 13.0. The van der Waals surface area contributed by atoms with Gasteiger partial charge in [0, 0.05) is 30.2 Å². The monoisotopic (exact) mass is 395 g/mol. The molecule has 3 N–H and O–H groups in total. The number of amides is 3. The molecule has 0 bridgehead atoms. The van der Waals surface area contributed by atoms with Crippen LogP contribution in [0, 0.1) is 13.8 Å². The zero-order valence-corrected chi connectivity index (χ0v) is 16.7. The van der Waals surface area contributed by atoms with Crippen LogP contribution in [0.2, 0.25) is 0 Å². The van der Waals surface area contributed by atoms with Gasteiger partial charge in [-0.2, -0.15) is 0 Å². The van der Waals surface area contributed by atoms with Gasteiger partial charge < -0.3 is 10.1 Å². The number of para-hydroxylation sites is 1. The summed E-state index contributed by atoms with van der Waals surface area (Å²) in [5.41, 5.74) is 8.01. The van der Waals surface area contributed by atoms with Gasteiger partial charge in [0.1, 0.15) is 5.75 Å². The molecule has 0 aliphatic carbocycles. The van der Waals surface area contributed by atoms with E-state index < -0.39 is 11.8 Å². The Morgan fingerprint density at radius 2 is 1.69 bits per heavy atom. The number of carbonyl (C=O) groups is 3. The number of aryl methyl sites for hydroxylation is 2. The number of hydrogen-bond donors (Lipinski definition) is 3. The van der Waals surface area contributed by atoms with Crippen molar-refractivity contribution in [2.45, 2.75) is 26.7 Å². The van der Waals surface area contributed by atoms with Crippen molar-refractivity contribution in [1.29, 1.82) is 0 Å². The van der Waals surface area contributed by atoms with Crippen molar-refractivity contribution in [2.24, 2.45) is 0 Å². The minimum atomic E-state index is -0.496. The Bertz CT molecular complexity index is 922. The van der Waals surface area contributed by atoms with Crippen LogP contribution in [0.25, 0.3) is 6.08 Å². The molecule has 2 aromatic carbocycles. The van der Waals surface area contributed by atoms with Crippen LogP contribution < -0.4 is 20.9 Å². The third kappa shape index (κ3) is 7.14. The van der Waals surface area contributed by atoms with Crippen LogP contribution in [0.5, 0.6) is 5.75 Å². The van der Waals surface area contributed by atoms with Crippen LogP contribution in [0.4, 0.5) is 5.69 Å². The first-order valence-corrected chi connectivity index (χ1v) is 9.16. The minimum absolute atomic E-state index is 0.00609. The van der Waals surface area contributed by atoms with E-state index in [1.807, 2.05) is 44.2 Å². The van der Waals surface area contributed by atoms with Crippen molar-refractivity contribution in [3.8, 4) is 5.75 Å². The molecule has 0 radical (unpaired) electrons. The summed E-state index contributed by atoms with van der Waals surface area (Å²) in [5.74, 6) is -0.587. The summed E-state index contributed by atoms with van der Waals surface area (Å²) in [7, 11) is 1.55. The lowest BCUT2D eigenvalue weighted by molar-refractivity contribution is -0.128. The highest BCUT2D eigenvalue weighted by Crippen LogP contribution is 2.18. The first-order valence-electron chi connectivity index (χ1n) is 9.16. The second-order valence-electron chi connectivity index (χ2n) is 6.48. The van der Waals surface area contributed by atoms with Crippen molar-refractivity contribution in [2.75, 3.05) is 12.4 Å². The highest BCUT2D eigenvalue weighted by molar-refractivity contribution is 5.95. The van der Waals surface area contributed by atoms with Crippen LogP contribution in [-0.2, 0) is 14.4 Å². The van der Waals surface area contributed by atoms with Crippen molar-refractivity contribution < 1.29 is 19.1 Å². The number of nitrogens with one attached hydrogen (secondary N) is 3. The molecule has 0 atom stereocenters. The van der Waals surface area contributed by atoms with Crippen molar-refractivity contribution in [3.63, 3.8) is 0 Å². The molecule has 3 amide bonds. The Morgan fingerprint density at radius 3 is 2.45 bits per heavy atom. The first kappa shape index (κ1) is 21.7. The van der Waals surface area contributed by atoms with Crippen LogP contribution in [-0.4, -0.2) is 24.8 Å². The fraction of sp³-hybridized carbons (Fsp3) is 0.227. The molecule has 0 aliphatic heterocycles. The predicted octanol–water partition coefficient (Wildman–Crippen LogP) is 2.89. The molecule has 0 unspecified atom stereocenters. The number of carbonyl (C=O) groups excluding carboxylic acids is 3. The number of rotatable bonds is 7. The zero-order chi connectivity index (χ0) is 21.2. The zero-order valence-electron chi connectivity index (χ0n) is 16.7. The van der Waals surface area contributed by atoms with Crippen molar-refractivity contribution in [1.82, 2.24) is 10.9 Å². The van der Waals surface area contributed by atoms with Gasteiger partial charge in [-0.05, 0) is 43.2 Å². The molecule has 0 heterocycles.